The summed E-state index contributed by atoms with van der Waals surface area (Å²) >= 11 is 1.29. The topological polar surface area (TPSA) is 198 Å². The molecular weight excluding hydrogens is 504 g/mol. The third-order valence-corrected chi connectivity index (χ3v) is 5.75. The van der Waals surface area contributed by atoms with Crippen LogP contribution in [0.3, 0.4) is 0 Å². The van der Waals surface area contributed by atoms with E-state index in [9.17, 15) is 19.2 Å². The summed E-state index contributed by atoms with van der Waals surface area (Å²) in [4.78, 5) is 47.8. The molecule has 0 radical (unpaired) electrons. The van der Waals surface area contributed by atoms with Crippen molar-refractivity contribution in [3.05, 3.63) is 48.0 Å². The maximum absolute atomic E-state index is 11.5. The highest BCUT2D eigenvalue weighted by Crippen LogP contribution is 2.33. The summed E-state index contributed by atoms with van der Waals surface area (Å²) < 4.78 is 2.77. The van der Waals surface area contributed by atoms with Gasteiger partial charge in [0, 0.05) is 28.9 Å². The van der Waals surface area contributed by atoms with Gasteiger partial charge in [-0.3, -0.25) is 14.3 Å². The summed E-state index contributed by atoms with van der Waals surface area (Å²) in [7, 11) is 1.93. The molecule has 198 valence electrons. The van der Waals surface area contributed by atoms with Gasteiger partial charge in [-0.2, -0.15) is 0 Å². The van der Waals surface area contributed by atoms with E-state index in [4.69, 9.17) is 25.4 Å². The van der Waals surface area contributed by atoms with Gasteiger partial charge in [0.05, 0.1) is 24.1 Å². The minimum atomic E-state index is -2.74. The van der Waals surface area contributed by atoms with E-state index in [1.807, 2.05) is 32.2 Å². The van der Waals surface area contributed by atoms with Gasteiger partial charge >= 0.3 is 23.9 Å². The van der Waals surface area contributed by atoms with E-state index in [1.54, 1.807) is 0 Å². The normalized spacial score (nSPS) is 10.9. The summed E-state index contributed by atoms with van der Waals surface area (Å²) in [6.45, 7) is 3.27. The van der Waals surface area contributed by atoms with Crippen LogP contribution in [0.2, 0.25) is 0 Å². The number of carboxylic acids is 3. The molecule has 3 rings (SSSR count). The highest BCUT2D eigenvalue weighted by Gasteiger charge is 2.40. The minimum absolute atomic E-state index is 0.192. The Bertz CT molecular complexity index is 1240. The van der Waals surface area contributed by atoms with E-state index in [-0.39, 0.29) is 6.03 Å². The van der Waals surface area contributed by atoms with Gasteiger partial charge in [-0.05, 0) is 43.6 Å². The van der Waals surface area contributed by atoms with Crippen LogP contribution < -0.4 is 15.4 Å². The Labute approximate surface area is 216 Å². The number of rotatable bonds is 10. The first kappa shape index (κ1) is 29.3. The molecule has 13 heteroatoms. The highest BCUT2D eigenvalue weighted by atomic mass is 32.2. The van der Waals surface area contributed by atoms with Crippen LogP contribution in [0.1, 0.15) is 25.3 Å². The Morgan fingerprint density at radius 2 is 1.65 bits per heavy atom. The number of amides is 2. The fourth-order valence-corrected chi connectivity index (χ4v) is 3.98. The van der Waals surface area contributed by atoms with E-state index in [0.29, 0.717) is 6.54 Å². The smallest absolute Gasteiger partial charge is 0.336 e. The Balaban J connectivity index is 0.000000317. The molecule has 0 atom stereocenters. The first-order chi connectivity index (χ1) is 17.5. The van der Waals surface area contributed by atoms with Gasteiger partial charge in [0.15, 0.2) is 5.60 Å². The third-order valence-electron chi connectivity index (χ3n) is 4.97. The second-order valence-corrected chi connectivity index (χ2v) is 8.75. The number of aliphatic hydroxyl groups is 1. The van der Waals surface area contributed by atoms with E-state index in [0.717, 1.165) is 33.6 Å². The zero-order valence-electron chi connectivity index (χ0n) is 20.1. The zero-order chi connectivity index (χ0) is 27.6. The molecule has 1 aromatic rings. The summed E-state index contributed by atoms with van der Waals surface area (Å²) in [6, 6.07) is 14.1. The second kappa shape index (κ2) is 13.4. The number of carbonyl (C=O) groups is 4. The molecule has 7 N–H and O–H groups in total. The molecule has 0 unspecified atom stereocenters. The summed E-state index contributed by atoms with van der Waals surface area (Å²) in [5.74, 6) is -5.02. The van der Waals surface area contributed by atoms with Crippen molar-refractivity contribution in [2.75, 3.05) is 13.6 Å². The number of urea groups is 1. The summed E-state index contributed by atoms with van der Waals surface area (Å²) in [6.07, 6.45) is -2.29. The molecule has 1 aliphatic carbocycles. The molecule has 0 fully saturated rings. The molecule has 1 aliphatic heterocycles. The van der Waals surface area contributed by atoms with E-state index in [2.05, 4.69) is 39.6 Å². The Morgan fingerprint density at radius 3 is 2.22 bits per heavy atom. The predicted molar refractivity (Wildman–Crippen MR) is 136 cm³/mol. The molecule has 0 saturated heterocycles. The monoisotopic (exact) mass is 532 g/mol. The van der Waals surface area contributed by atoms with E-state index in [1.165, 1.54) is 17.5 Å². The number of hydrogen-bond acceptors (Lipinski definition) is 8. The lowest BCUT2D eigenvalue weighted by Gasteiger charge is -2.18. The molecule has 37 heavy (non-hydrogen) atoms. The van der Waals surface area contributed by atoms with Gasteiger partial charge in [0.25, 0.3) is 0 Å². The van der Waals surface area contributed by atoms with Gasteiger partial charge in [-0.1, -0.05) is 30.3 Å². The number of aliphatic carboxylic acids is 3. The molecule has 0 bridgehead atoms. The van der Waals surface area contributed by atoms with Crippen LogP contribution in [0.4, 0.5) is 4.79 Å². The number of nitrogens with zero attached hydrogens (tertiary/aromatic N) is 1. The average molecular weight is 533 g/mol. The number of para-hydroxylation sites is 1. The SMILES string of the molecule is CCNC(=O)NSc1cccc2c3cccc(CNC)c3nc-2c1.O=C(O)CC(O)(CC(=O)O)C(=O)O. The van der Waals surface area contributed by atoms with Crippen LogP contribution in [-0.2, 0) is 20.9 Å². The zero-order valence-corrected chi connectivity index (χ0v) is 21.0. The van der Waals surface area contributed by atoms with Crippen molar-refractivity contribution in [3.8, 4) is 11.3 Å². The lowest BCUT2D eigenvalue weighted by Crippen LogP contribution is -2.42. The van der Waals surface area contributed by atoms with Gasteiger partial charge < -0.3 is 31.1 Å². The Kier molecular flexibility index (Phi) is 10.6. The predicted octanol–water partition coefficient (Wildman–Crippen LogP) is 2.14. The highest BCUT2D eigenvalue weighted by molar-refractivity contribution is 7.98. The van der Waals surface area contributed by atoms with Crippen molar-refractivity contribution in [1.82, 2.24) is 20.3 Å². The van der Waals surface area contributed by atoms with Crippen molar-refractivity contribution in [1.29, 1.82) is 0 Å². The number of carbonyl (C=O) groups excluding carboxylic acids is 1. The van der Waals surface area contributed by atoms with Crippen LogP contribution in [0.15, 0.2) is 47.4 Å². The first-order valence-corrected chi connectivity index (χ1v) is 11.9. The molecule has 1 heterocycles. The number of hydrogen-bond donors (Lipinski definition) is 7. The standard InChI is InChI=1S/C18H20N4OS.C6H8O7/c1-3-20-18(23)22-24-13-7-5-8-14-15-9-4-6-12(11-19-2)17(15)21-16(14)10-13;7-3(8)1-6(13,5(11)12)2-4(9)10/h4-10,19H,3,11H2,1-2H3,(H2,20,22,23);13H,1-2H2,(H,7,8)(H,9,10)(H,11,12). The number of fused-ring (bicyclic) bond motifs is 3. The number of benzene rings is 1. The van der Waals surface area contributed by atoms with Crippen LogP contribution in [0.5, 0.6) is 0 Å². The quantitative estimate of drug-likeness (QED) is 0.189. The van der Waals surface area contributed by atoms with Gasteiger partial charge in [0.2, 0.25) is 0 Å². The molecule has 2 aliphatic rings. The van der Waals surface area contributed by atoms with Gasteiger partial charge in [0.1, 0.15) is 0 Å². The fraction of sp³-hybridized carbons (Fsp3) is 0.292. The lowest BCUT2D eigenvalue weighted by atomic mass is 9.96. The number of carboxylic acid groups (broad SMARTS) is 3. The molecule has 0 saturated carbocycles. The lowest BCUT2D eigenvalue weighted by molar-refractivity contribution is -0.170. The molecule has 12 nitrogen and oxygen atoms in total. The summed E-state index contributed by atoms with van der Waals surface area (Å²) in [5, 5.41) is 40.9. The van der Waals surface area contributed by atoms with Crippen LogP contribution in [0.25, 0.3) is 22.2 Å². The fourth-order valence-electron chi connectivity index (χ4n) is 3.38. The number of aromatic nitrogens is 1. The number of nitrogens with one attached hydrogen (secondary N) is 3. The maximum Gasteiger partial charge on any atom is 0.336 e. The van der Waals surface area contributed by atoms with Crippen LogP contribution in [-0.4, -0.2) is 68.5 Å². The van der Waals surface area contributed by atoms with Crippen molar-refractivity contribution in [2.24, 2.45) is 0 Å². The second-order valence-electron chi connectivity index (χ2n) is 7.87. The van der Waals surface area contributed by atoms with E-state index < -0.39 is 36.4 Å². The van der Waals surface area contributed by atoms with Crippen molar-refractivity contribution in [3.63, 3.8) is 0 Å². The van der Waals surface area contributed by atoms with Crippen LogP contribution >= 0.6 is 11.9 Å². The summed E-state index contributed by atoms with van der Waals surface area (Å²) in [5.41, 5.74) is 1.52. The minimum Gasteiger partial charge on any atom is -0.481 e. The average Bonchev–Trinajstić information content (AvgIpc) is 3.02. The van der Waals surface area contributed by atoms with Crippen molar-refractivity contribution < 1.29 is 39.6 Å². The van der Waals surface area contributed by atoms with Crippen molar-refractivity contribution in [2.45, 2.75) is 36.8 Å². The first-order valence-electron chi connectivity index (χ1n) is 11.1. The van der Waals surface area contributed by atoms with Gasteiger partial charge in [-0.15, -0.1) is 0 Å². The van der Waals surface area contributed by atoms with Crippen LogP contribution in [0, 0.1) is 0 Å². The van der Waals surface area contributed by atoms with Gasteiger partial charge in [-0.25, -0.2) is 14.6 Å². The molecule has 2 amide bonds. The Hall–Kier alpha value is -3.94. The van der Waals surface area contributed by atoms with Crippen molar-refractivity contribution >= 4 is 46.8 Å². The molecule has 1 aromatic carbocycles. The van der Waals surface area contributed by atoms with E-state index >= 15 is 0 Å². The molecule has 0 spiro atoms. The largest absolute Gasteiger partial charge is 0.481 e. The molecule has 0 aromatic heterocycles. The molecular formula is C24H28N4O8S. The Morgan fingerprint density at radius 1 is 1.00 bits per heavy atom. The third kappa shape index (κ3) is 8.31. The maximum atomic E-state index is 11.5.